The number of nitrogens with one attached hydrogen (secondary N) is 1. The smallest absolute Gasteiger partial charge is 0.225 e. The van der Waals surface area contributed by atoms with Crippen molar-refractivity contribution in [1.82, 2.24) is 15.3 Å². The Kier molecular flexibility index (Phi) is 5.13. The third-order valence-corrected chi connectivity index (χ3v) is 5.32. The van der Waals surface area contributed by atoms with Gasteiger partial charge in [0.2, 0.25) is 5.91 Å². The first-order valence-corrected chi connectivity index (χ1v) is 10.2. The third kappa shape index (κ3) is 3.97. The summed E-state index contributed by atoms with van der Waals surface area (Å²) in [6.07, 6.45) is 0.855. The minimum atomic E-state index is -0.418. The number of anilines is 1. The first kappa shape index (κ1) is 19.8. The van der Waals surface area contributed by atoms with Crippen LogP contribution in [-0.4, -0.2) is 35.0 Å². The van der Waals surface area contributed by atoms with E-state index in [-0.39, 0.29) is 11.9 Å². The molecule has 1 saturated heterocycles. The Bertz CT molecular complexity index is 1140. The van der Waals surface area contributed by atoms with Crippen molar-refractivity contribution in [2.45, 2.75) is 33.2 Å². The molecule has 2 heterocycles. The molecular weight excluding hydrogens is 374 g/mol. The molecule has 1 aliphatic rings. The predicted octanol–water partition coefficient (Wildman–Crippen LogP) is 3.91. The van der Waals surface area contributed by atoms with Gasteiger partial charge in [0, 0.05) is 30.1 Å². The Morgan fingerprint density at radius 3 is 2.57 bits per heavy atom. The molecular formula is C24H25N5O. The number of hydrogen-bond acceptors (Lipinski definition) is 5. The molecule has 0 bridgehead atoms. The van der Waals surface area contributed by atoms with Gasteiger partial charge in [0.15, 0.2) is 5.82 Å². The highest BCUT2D eigenvalue weighted by Gasteiger charge is 2.30. The van der Waals surface area contributed by atoms with Gasteiger partial charge in [0.25, 0.3) is 0 Å². The van der Waals surface area contributed by atoms with Crippen molar-refractivity contribution in [1.29, 1.82) is 5.26 Å². The van der Waals surface area contributed by atoms with Gasteiger partial charge in [-0.15, -0.1) is 0 Å². The van der Waals surface area contributed by atoms with E-state index in [0.29, 0.717) is 12.1 Å². The SMILES string of the molecule is CC(C)(C)C(=O)N[C@@H]1CCN(c2nc3ccccc3nc2-c2cccc(C#N)c2)C1. The van der Waals surface area contributed by atoms with Crippen molar-refractivity contribution < 1.29 is 4.79 Å². The summed E-state index contributed by atoms with van der Waals surface area (Å²) in [5.74, 6) is 0.845. The number of nitrogens with zero attached hydrogens (tertiary/aromatic N) is 4. The van der Waals surface area contributed by atoms with Gasteiger partial charge in [-0.1, -0.05) is 45.0 Å². The van der Waals surface area contributed by atoms with Crippen molar-refractivity contribution in [2.24, 2.45) is 5.41 Å². The van der Waals surface area contributed by atoms with Gasteiger partial charge < -0.3 is 10.2 Å². The lowest BCUT2D eigenvalue weighted by molar-refractivity contribution is -0.129. The maximum absolute atomic E-state index is 12.4. The minimum absolute atomic E-state index is 0.0564. The van der Waals surface area contributed by atoms with Crippen LogP contribution < -0.4 is 10.2 Å². The Balaban J connectivity index is 1.71. The maximum Gasteiger partial charge on any atom is 0.225 e. The fourth-order valence-corrected chi connectivity index (χ4v) is 3.61. The molecule has 0 unspecified atom stereocenters. The zero-order valence-electron chi connectivity index (χ0n) is 17.5. The molecule has 6 nitrogen and oxygen atoms in total. The van der Waals surface area contributed by atoms with Crippen LogP contribution in [0.1, 0.15) is 32.8 Å². The standard InChI is InChI=1S/C24H25N5O/c1-24(2,3)23(30)26-18-11-12-29(15-18)22-21(17-8-6-7-16(13-17)14-25)27-19-9-4-5-10-20(19)28-22/h4-10,13,18H,11-12,15H2,1-3H3,(H,26,30)/t18-/m1/s1. The number of carbonyl (C=O) groups excluding carboxylic acids is 1. The molecule has 1 aliphatic heterocycles. The largest absolute Gasteiger partial charge is 0.353 e. The fourth-order valence-electron chi connectivity index (χ4n) is 3.61. The zero-order chi connectivity index (χ0) is 21.3. The Labute approximate surface area is 176 Å². The number of benzene rings is 2. The molecule has 1 N–H and O–H groups in total. The summed E-state index contributed by atoms with van der Waals surface area (Å²) in [5, 5.41) is 12.5. The van der Waals surface area contributed by atoms with Gasteiger partial charge in [-0.25, -0.2) is 9.97 Å². The van der Waals surface area contributed by atoms with E-state index in [0.717, 1.165) is 41.1 Å². The topological polar surface area (TPSA) is 81.9 Å². The minimum Gasteiger partial charge on any atom is -0.353 e. The highest BCUT2D eigenvalue weighted by molar-refractivity contribution is 5.84. The number of para-hydroxylation sites is 2. The quantitative estimate of drug-likeness (QED) is 0.722. The number of rotatable bonds is 3. The summed E-state index contributed by atoms with van der Waals surface area (Å²) in [4.78, 5) is 24.4. The van der Waals surface area contributed by atoms with Crippen LogP contribution in [0.3, 0.4) is 0 Å². The molecule has 0 saturated carbocycles. The summed E-state index contributed by atoms with van der Waals surface area (Å²) in [5.41, 5.74) is 3.44. The number of amides is 1. The molecule has 1 aromatic heterocycles. The molecule has 1 amide bonds. The van der Waals surface area contributed by atoms with Gasteiger partial charge in [-0.05, 0) is 30.7 Å². The van der Waals surface area contributed by atoms with Gasteiger partial charge >= 0.3 is 0 Å². The van der Waals surface area contributed by atoms with Gasteiger partial charge in [-0.3, -0.25) is 4.79 Å². The fraction of sp³-hybridized carbons (Fsp3) is 0.333. The van der Waals surface area contributed by atoms with Crippen LogP contribution >= 0.6 is 0 Å². The van der Waals surface area contributed by atoms with Crippen LogP contribution in [0.15, 0.2) is 48.5 Å². The summed E-state index contributed by atoms with van der Waals surface area (Å²) >= 11 is 0. The Morgan fingerprint density at radius 1 is 1.13 bits per heavy atom. The van der Waals surface area contributed by atoms with Crippen LogP contribution in [-0.2, 0) is 4.79 Å². The van der Waals surface area contributed by atoms with E-state index >= 15 is 0 Å². The third-order valence-electron chi connectivity index (χ3n) is 5.32. The lowest BCUT2D eigenvalue weighted by atomic mass is 9.95. The van der Waals surface area contributed by atoms with E-state index in [4.69, 9.17) is 9.97 Å². The second-order valence-corrected chi connectivity index (χ2v) is 8.73. The molecule has 0 aliphatic carbocycles. The monoisotopic (exact) mass is 399 g/mol. The molecule has 6 heteroatoms. The first-order valence-electron chi connectivity index (χ1n) is 10.2. The van der Waals surface area contributed by atoms with E-state index in [1.165, 1.54) is 0 Å². The molecule has 0 spiro atoms. The number of carbonyl (C=O) groups is 1. The van der Waals surface area contributed by atoms with Crippen LogP contribution in [0.2, 0.25) is 0 Å². The van der Waals surface area contributed by atoms with E-state index in [2.05, 4.69) is 16.3 Å². The van der Waals surface area contributed by atoms with Crippen molar-refractivity contribution >= 4 is 22.8 Å². The first-order chi connectivity index (χ1) is 14.3. The summed E-state index contributed by atoms with van der Waals surface area (Å²) in [6.45, 7) is 7.23. The van der Waals surface area contributed by atoms with Gasteiger partial charge in [0.05, 0.1) is 22.7 Å². The molecule has 2 aromatic carbocycles. The molecule has 30 heavy (non-hydrogen) atoms. The summed E-state index contributed by atoms with van der Waals surface area (Å²) < 4.78 is 0. The Hall–Kier alpha value is -3.46. The average Bonchev–Trinajstić information content (AvgIpc) is 3.20. The zero-order valence-corrected chi connectivity index (χ0v) is 17.5. The van der Waals surface area contributed by atoms with Gasteiger partial charge in [0.1, 0.15) is 5.69 Å². The van der Waals surface area contributed by atoms with Crippen molar-refractivity contribution in [3.05, 3.63) is 54.1 Å². The summed E-state index contributed by atoms with van der Waals surface area (Å²) in [7, 11) is 0. The van der Waals surface area contributed by atoms with Crippen molar-refractivity contribution in [3.8, 4) is 17.3 Å². The number of fused-ring (bicyclic) bond motifs is 1. The van der Waals surface area contributed by atoms with Crippen LogP contribution in [0.4, 0.5) is 5.82 Å². The normalized spacial score (nSPS) is 16.5. The second kappa shape index (κ2) is 7.75. The molecule has 1 atom stereocenters. The van der Waals surface area contributed by atoms with Crippen LogP contribution in [0.5, 0.6) is 0 Å². The van der Waals surface area contributed by atoms with E-state index in [9.17, 15) is 10.1 Å². The number of aromatic nitrogens is 2. The lowest BCUT2D eigenvalue weighted by Crippen LogP contribution is -2.43. The van der Waals surface area contributed by atoms with E-state index < -0.39 is 5.41 Å². The molecule has 4 rings (SSSR count). The summed E-state index contributed by atoms with van der Waals surface area (Å²) in [6, 6.07) is 17.5. The van der Waals surface area contributed by atoms with E-state index in [1.807, 2.05) is 63.2 Å². The van der Waals surface area contributed by atoms with Crippen LogP contribution in [0.25, 0.3) is 22.3 Å². The lowest BCUT2D eigenvalue weighted by Gasteiger charge is -2.23. The number of hydrogen-bond donors (Lipinski definition) is 1. The number of nitriles is 1. The highest BCUT2D eigenvalue weighted by Crippen LogP contribution is 2.32. The molecule has 152 valence electrons. The predicted molar refractivity (Wildman–Crippen MR) is 118 cm³/mol. The highest BCUT2D eigenvalue weighted by atomic mass is 16.2. The second-order valence-electron chi connectivity index (χ2n) is 8.73. The Morgan fingerprint density at radius 2 is 1.87 bits per heavy atom. The van der Waals surface area contributed by atoms with Crippen molar-refractivity contribution in [3.63, 3.8) is 0 Å². The van der Waals surface area contributed by atoms with E-state index in [1.54, 1.807) is 6.07 Å². The van der Waals surface area contributed by atoms with Crippen LogP contribution in [0, 0.1) is 16.7 Å². The van der Waals surface area contributed by atoms with Gasteiger partial charge in [-0.2, -0.15) is 5.26 Å². The molecule has 1 fully saturated rings. The molecule has 3 aromatic rings. The average molecular weight is 399 g/mol. The molecule has 0 radical (unpaired) electrons. The maximum atomic E-state index is 12.4. The van der Waals surface area contributed by atoms with Crippen molar-refractivity contribution in [2.75, 3.05) is 18.0 Å².